The van der Waals surface area contributed by atoms with Crippen molar-refractivity contribution < 1.29 is 26.7 Å². The molecule has 5 rings (SSSR count). The third-order valence-electron chi connectivity index (χ3n) is 6.39. The Hall–Kier alpha value is -3.66. The molecule has 0 unspecified atom stereocenters. The molecule has 1 aliphatic heterocycles. The van der Waals surface area contributed by atoms with E-state index >= 15 is 0 Å². The van der Waals surface area contributed by atoms with Gasteiger partial charge in [0.2, 0.25) is 5.82 Å². The van der Waals surface area contributed by atoms with Crippen LogP contribution in [0, 0.1) is 29.1 Å². The molecule has 37 heavy (non-hydrogen) atoms. The van der Waals surface area contributed by atoms with Gasteiger partial charge in [0, 0.05) is 47.6 Å². The molecule has 1 amide bonds. The summed E-state index contributed by atoms with van der Waals surface area (Å²) in [4.78, 5) is 16.0. The van der Waals surface area contributed by atoms with E-state index in [0.29, 0.717) is 24.3 Å². The van der Waals surface area contributed by atoms with Crippen LogP contribution in [0.5, 0.6) is 0 Å². The van der Waals surface area contributed by atoms with Gasteiger partial charge in [-0.15, -0.1) is 0 Å². The van der Waals surface area contributed by atoms with Crippen molar-refractivity contribution in [3.8, 4) is 0 Å². The van der Waals surface area contributed by atoms with Crippen molar-refractivity contribution >= 4 is 49.7 Å². The van der Waals surface area contributed by atoms with Gasteiger partial charge in [-0.2, -0.15) is 0 Å². The second-order valence-electron chi connectivity index (χ2n) is 8.53. The van der Waals surface area contributed by atoms with Crippen LogP contribution in [0.4, 0.5) is 39.0 Å². The van der Waals surface area contributed by atoms with Crippen LogP contribution in [-0.4, -0.2) is 32.1 Å². The van der Waals surface area contributed by atoms with E-state index in [1.807, 2.05) is 35.2 Å². The lowest BCUT2D eigenvalue weighted by atomic mass is 10.0. The molecule has 4 aromatic carbocycles. The third kappa shape index (κ3) is 4.61. The number of halogens is 6. The number of carbonyl (C=O) groups is 1. The maximum Gasteiger partial charge on any atom is 0.256 e. The SMILES string of the molecule is O=C(Nc1ccc(N2CCN(c3c(F)c(F)c(F)c(F)c3F)CC2)cc1)c1cccc2c(Br)cccc12. The topological polar surface area (TPSA) is 35.6 Å². The van der Waals surface area contributed by atoms with Gasteiger partial charge < -0.3 is 15.1 Å². The number of carbonyl (C=O) groups excluding carboxylic acids is 1. The number of piperazine rings is 1. The van der Waals surface area contributed by atoms with Crippen LogP contribution in [0.3, 0.4) is 0 Å². The van der Waals surface area contributed by atoms with Crippen LogP contribution >= 0.6 is 15.9 Å². The zero-order chi connectivity index (χ0) is 26.3. The highest BCUT2D eigenvalue weighted by atomic mass is 79.9. The summed E-state index contributed by atoms with van der Waals surface area (Å²) in [7, 11) is 0. The second kappa shape index (κ2) is 10.0. The number of nitrogens with one attached hydrogen (secondary N) is 1. The van der Waals surface area contributed by atoms with E-state index in [4.69, 9.17) is 0 Å². The molecule has 0 saturated carbocycles. The average molecular weight is 576 g/mol. The minimum Gasteiger partial charge on any atom is -0.368 e. The Kier molecular flexibility index (Phi) is 6.76. The highest BCUT2D eigenvalue weighted by Gasteiger charge is 2.30. The summed E-state index contributed by atoms with van der Waals surface area (Å²) in [6.45, 7) is 0.729. The van der Waals surface area contributed by atoms with Gasteiger partial charge in [-0.25, -0.2) is 22.0 Å². The standard InChI is InChI=1S/C27H19BrF5N3O/c28-20-6-2-3-17-18(20)4-1-5-19(17)27(37)34-15-7-9-16(10-8-15)35-11-13-36(14-12-35)26-24(32)22(30)21(29)23(31)25(26)33/h1-10H,11-14H2,(H,34,37). The predicted octanol–water partition coefficient (Wildman–Crippen LogP) is 6.88. The van der Waals surface area contributed by atoms with Crippen LogP contribution in [0.25, 0.3) is 10.8 Å². The largest absolute Gasteiger partial charge is 0.368 e. The molecule has 0 atom stereocenters. The molecule has 1 heterocycles. The number of hydrogen-bond donors (Lipinski definition) is 1. The van der Waals surface area contributed by atoms with E-state index in [2.05, 4.69) is 21.2 Å². The summed E-state index contributed by atoms with van der Waals surface area (Å²) in [5, 5.41) is 4.63. The summed E-state index contributed by atoms with van der Waals surface area (Å²) in [5.74, 6) is -9.99. The van der Waals surface area contributed by atoms with E-state index < -0.39 is 34.8 Å². The van der Waals surface area contributed by atoms with Crippen molar-refractivity contribution in [2.45, 2.75) is 0 Å². The number of anilines is 3. The minimum atomic E-state index is -2.17. The number of nitrogens with zero attached hydrogens (tertiary/aromatic N) is 2. The van der Waals surface area contributed by atoms with Gasteiger partial charge in [-0.1, -0.05) is 40.2 Å². The highest BCUT2D eigenvalue weighted by Crippen LogP contribution is 2.32. The predicted molar refractivity (Wildman–Crippen MR) is 137 cm³/mol. The Morgan fingerprint density at radius 1 is 0.676 bits per heavy atom. The van der Waals surface area contributed by atoms with Crippen LogP contribution in [0.1, 0.15) is 10.4 Å². The molecule has 4 nitrogen and oxygen atoms in total. The summed E-state index contributed by atoms with van der Waals surface area (Å²) < 4.78 is 69.8. The first kappa shape index (κ1) is 25.0. The zero-order valence-corrected chi connectivity index (χ0v) is 20.8. The van der Waals surface area contributed by atoms with Crippen molar-refractivity contribution in [1.82, 2.24) is 0 Å². The van der Waals surface area contributed by atoms with Crippen LogP contribution < -0.4 is 15.1 Å². The van der Waals surface area contributed by atoms with Crippen LogP contribution in [-0.2, 0) is 0 Å². The van der Waals surface area contributed by atoms with Gasteiger partial charge in [0.15, 0.2) is 23.3 Å². The molecule has 0 aliphatic carbocycles. The third-order valence-corrected chi connectivity index (χ3v) is 7.08. The molecule has 1 saturated heterocycles. The number of hydrogen-bond acceptors (Lipinski definition) is 3. The molecule has 1 aliphatic rings. The molecular weight excluding hydrogens is 557 g/mol. The van der Waals surface area contributed by atoms with Crippen molar-refractivity contribution in [2.24, 2.45) is 0 Å². The molecule has 1 fully saturated rings. The number of amides is 1. The van der Waals surface area contributed by atoms with E-state index in [1.165, 1.54) is 0 Å². The lowest BCUT2D eigenvalue weighted by Gasteiger charge is -2.37. The number of fused-ring (bicyclic) bond motifs is 1. The summed E-state index contributed by atoms with van der Waals surface area (Å²) in [6.07, 6.45) is 0. The molecule has 0 spiro atoms. The van der Waals surface area contributed by atoms with E-state index in [-0.39, 0.29) is 19.0 Å². The fourth-order valence-electron chi connectivity index (χ4n) is 4.48. The number of benzene rings is 4. The molecule has 1 N–H and O–H groups in total. The van der Waals surface area contributed by atoms with Gasteiger partial charge in [0.1, 0.15) is 5.69 Å². The van der Waals surface area contributed by atoms with Gasteiger partial charge >= 0.3 is 0 Å². The highest BCUT2D eigenvalue weighted by molar-refractivity contribution is 9.10. The van der Waals surface area contributed by atoms with E-state index in [1.54, 1.807) is 30.3 Å². The Labute approximate surface area is 217 Å². The Bertz CT molecular complexity index is 1480. The van der Waals surface area contributed by atoms with Gasteiger partial charge in [-0.3, -0.25) is 4.79 Å². The van der Waals surface area contributed by atoms with Crippen molar-refractivity contribution in [3.63, 3.8) is 0 Å². The van der Waals surface area contributed by atoms with Gasteiger partial charge in [-0.05, 0) is 47.2 Å². The van der Waals surface area contributed by atoms with E-state index in [0.717, 1.165) is 25.8 Å². The summed E-state index contributed by atoms with van der Waals surface area (Å²) in [6, 6.07) is 18.2. The van der Waals surface area contributed by atoms with E-state index in [9.17, 15) is 26.7 Å². The summed E-state index contributed by atoms with van der Waals surface area (Å²) in [5.41, 5.74) is 1.01. The lowest BCUT2D eigenvalue weighted by molar-refractivity contribution is 0.102. The minimum absolute atomic E-state index is 0.0630. The summed E-state index contributed by atoms with van der Waals surface area (Å²) >= 11 is 3.50. The molecule has 0 radical (unpaired) electrons. The fourth-order valence-corrected chi connectivity index (χ4v) is 4.98. The molecule has 0 bridgehead atoms. The molecule has 0 aromatic heterocycles. The van der Waals surface area contributed by atoms with Crippen molar-refractivity contribution in [3.05, 3.63) is 99.8 Å². The van der Waals surface area contributed by atoms with Crippen LogP contribution in [0.15, 0.2) is 65.1 Å². The lowest BCUT2D eigenvalue weighted by Crippen LogP contribution is -2.47. The molecule has 190 valence electrons. The number of rotatable bonds is 4. The Balaban J connectivity index is 1.27. The smallest absolute Gasteiger partial charge is 0.256 e. The van der Waals surface area contributed by atoms with Gasteiger partial charge in [0.05, 0.1) is 0 Å². The first-order valence-corrected chi connectivity index (χ1v) is 12.2. The molecule has 10 heteroatoms. The molecular formula is C27H19BrF5N3O. The first-order valence-electron chi connectivity index (χ1n) is 11.4. The monoisotopic (exact) mass is 575 g/mol. The van der Waals surface area contributed by atoms with Crippen molar-refractivity contribution in [1.29, 1.82) is 0 Å². The average Bonchev–Trinajstić information content (AvgIpc) is 2.92. The first-order chi connectivity index (χ1) is 17.8. The van der Waals surface area contributed by atoms with Crippen LogP contribution in [0.2, 0.25) is 0 Å². The van der Waals surface area contributed by atoms with Gasteiger partial charge in [0.25, 0.3) is 5.91 Å². The quantitative estimate of drug-likeness (QED) is 0.164. The molecule has 4 aromatic rings. The normalized spacial score (nSPS) is 13.8. The maximum atomic E-state index is 14.2. The zero-order valence-electron chi connectivity index (χ0n) is 19.2. The van der Waals surface area contributed by atoms with Crippen molar-refractivity contribution in [2.75, 3.05) is 41.3 Å². The maximum absolute atomic E-state index is 14.2. The second-order valence-corrected chi connectivity index (χ2v) is 9.39. The Morgan fingerprint density at radius 3 is 1.86 bits per heavy atom. The fraction of sp³-hybridized carbons (Fsp3) is 0.148. The Morgan fingerprint density at radius 2 is 1.22 bits per heavy atom.